The van der Waals surface area contributed by atoms with E-state index >= 15 is 0 Å². The third-order valence-corrected chi connectivity index (χ3v) is 11.3. The van der Waals surface area contributed by atoms with Gasteiger partial charge in [0, 0.05) is 12.8 Å². The molecule has 0 bridgehead atoms. The molecule has 0 saturated heterocycles. The Morgan fingerprint density at radius 2 is 0.911 bits per heavy atom. The molecule has 0 rings (SSSR count). The second-order valence-electron chi connectivity index (χ2n) is 17.1. The number of phosphoric ester groups is 1. The van der Waals surface area contributed by atoms with Crippen LogP contribution in [0.2, 0.25) is 0 Å². The van der Waals surface area contributed by atoms with Crippen molar-refractivity contribution in [1.29, 1.82) is 0 Å². The molecule has 1 N–H and O–H groups in total. The van der Waals surface area contributed by atoms with Gasteiger partial charge in [-0.25, -0.2) is 4.57 Å². The van der Waals surface area contributed by atoms with E-state index in [1.807, 2.05) is 21.1 Å². The normalized spacial score (nSPS) is 13.6. The number of carbonyl (C=O) groups is 2. The van der Waals surface area contributed by atoms with E-state index in [1.165, 1.54) is 135 Å². The topological polar surface area (TPSA) is 108 Å². The van der Waals surface area contributed by atoms with Gasteiger partial charge < -0.3 is 18.9 Å². The van der Waals surface area contributed by atoms with Gasteiger partial charge in [-0.05, 0) is 38.5 Å². The second kappa shape index (κ2) is 39.2. The maximum atomic E-state index is 12.7. The van der Waals surface area contributed by atoms with Crippen LogP contribution in [0, 0.1) is 0 Å². The van der Waals surface area contributed by atoms with Crippen molar-refractivity contribution in [1.82, 2.24) is 0 Å². The van der Waals surface area contributed by atoms with Crippen molar-refractivity contribution in [3.63, 3.8) is 0 Å². The average Bonchev–Trinajstić information content (AvgIpc) is 3.15. The van der Waals surface area contributed by atoms with Crippen molar-refractivity contribution >= 4 is 19.8 Å². The quantitative estimate of drug-likeness (QED) is 0.0213. The maximum absolute atomic E-state index is 12.7. The largest absolute Gasteiger partial charge is 0.472 e. The van der Waals surface area contributed by atoms with E-state index in [2.05, 4.69) is 26.0 Å². The van der Waals surface area contributed by atoms with Crippen molar-refractivity contribution in [3.8, 4) is 0 Å². The van der Waals surface area contributed by atoms with Crippen LogP contribution in [0.5, 0.6) is 0 Å². The SMILES string of the molecule is CCCCCCC/C=C\CCCCCCCC(=O)O[C@H](COC(=O)CCCCCCCCCCCCCCCCCCCC)COP(=O)(O)OCC[N+](C)(C)C. The lowest BCUT2D eigenvalue weighted by molar-refractivity contribution is -0.870. The fourth-order valence-corrected chi connectivity index (χ4v) is 7.34. The number of likely N-dealkylation sites (N-methyl/N-ethyl adjacent to an activating group) is 1. The number of unbranched alkanes of at least 4 members (excludes halogenated alkanes) is 27. The number of hydrogen-bond acceptors (Lipinski definition) is 7. The zero-order valence-corrected chi connectivity index (χ0v) is 38.3. The molecule has 0 aromatic carbocycles. The van der Waals surface area contributed by atoms with Gasteiger partial charge in [-0.15, -0.1) is 0 Å². The number of allylic oxidation sites excluding steroid dienone is 2. The Kier molecular flexibility index (Phi) is 38.3. The fraction of sp³-hybridized carbons (Fsp3) is 0.913. The van der Waals surface area contributed by atoms with Crippen LogP contribution in [0.4, 0.5) is 0 Å². The molecule has 0 saturated carbocycles. The standard InChI is InChI=1S/C46H90NO8P/c1-6-8-10-12-14-16-18-20-22-23-24-25-27-28-30-32-34-36-38-45(48)52-42-44(43-54-56(50,51)53-41-40-47(3,4)5)55-46(49)39-37-35-33-31-29-26-21-19-17-15-13-11-9-7-2/h19,21,44H,6-18,20,22-43H2,1-5H3/p+1/b21-19-/t44-/m1/s1. The highest BCUT2D eigenvalue weighted by Gasteiger charge is 2.27. The molecule has 2 atom stereocenters. The third kappa shape index (κ3) is 42.4. The Balaban J connectivity index is 4.28. The van der Waals surface area contributed by atoms with E-state index in [-0.39, 0.29) is 25.6 Å². The monoisotopic (exact) mass is 817 g/mol. The van der Waals surface area contributed by atoms with Crippen molar-refractivity contribution in [2.24, 2.45) is 0 Å². The molecule has 0 amide bonds. The number of quaternary nitrogens is 1. The van der Waals surface area contributed by atoms with Gasteiger partial charge in [0.2, 0.25) is 0 Å². The lowest BCUT2D eigenvalue weighted by atomic mass is 10.0. The summed E-state index contributed by atoms with van der Waals surface area (Å²) in [5.41, 5.74) is 0. The smallest absolute Gasteiger partial charge is 0.462 e. The van der Waals surface area contributed by atoms with Crippen LogP contribution in [-0.4, -0.2) is 74.9 Å². The molecule has 332 valence electrons. The fourth-order valence-electron chi connectivity index (χ4n) is 6.60. The zero-order valence-electron chi connectivity index (χ0n) is 37.4. The molecule has 0 aromatic rings. The zero-order chi connectivity index (χ0) is 41.4. The van der Waals surface area contributed by atoms with E-state index < -0.39 is 26.5 Å². The van der Waals surface area contributed by atoms with Gasteiger partial charge in [0.25, 0.3) is 0 Å². The molecular weight excluding hydrogens is 725 g/mol. The minimum atomic E-state index is -4.37. The second-order valence-corrected chi connectivity index (χ2v) is 18.6. The molecule has 0 spiro atoms. The third-order valence-electron chi connectivity index (χ3n) is 10.3. The molecule has 0 aliphatic heterocycles. The van der Waals surface area contributed by atoms with Crippen LogP contribution < -0.4 is 0 Å². The molecule has 0 radical (unpaired) electrons. The number of esters is 2. The van der Waals surface area contributed by atoms with Gasteiger partial charge >= 0.3 is 19.8 Å². The predicted octanol–water partition coefficient (Wildman–Crippen LogP) is 13.4. The van der Waals surface area contributed by atoms with Crippen molar-refractivity contribution in [2.45, 2.75) is 225 Å². The molecule has 9 nitrogen and oxygen atoms in total. The van der Waals surface area contributed by atoms with E-state index in [9.17, 15) is 19.0 Å². The van der Waals surface area contributed by atoms with Crippen LogP contribution in [0.3, 0.4) is 0 Å². The van der Waals surface area contributed by atoms with Crippen LogP contribution in [0.25, 0.3) is 0 Å². The molecule has 10 heteroatoms. The molecule has 0 heterocycles. The van der Waals surface area contributed by atoms with Gasteiger partial charge in [-0.2, -0.15) is 0 Å². The first-order valence-corrected chi connectivity index (χ1v) is 24.9. The summed E-state index contributed by atoms with van der Waals surface area (Å²) in [6.07, 6.45) is 41.1. The molecule has 56 heavy (non-hydrogen) atoms. The minimum Gasteiger partial charge on any atom is -0.462 e. The number of rotatable bonds is 43. The summed E-state index contributed by atoms with van der Waals surface area (Å²) >= 11 is 0. The number of ether oxygens (including phenoxy) is 2. The maximum Gasteiger partial charge on any atom is 0.472 e. The molecule has 0 aliphatic rings. The van der Waals surface area contributed by atoms with Crippen LogP contribution in [-0.2, 0) is 32.7 Å². The number of hydrogen-bond donors (Lipinski definition) is 1. The summed E-state index contributed by atoms with van der Waals surface area (Å²) in [5, 5.41) is 0. The van der Waals surface area contributed by atoms with Crippen molar-refractivity contribution < 1.29 is 42.1 Å². The highest BCUT2D eigenvalue weighted by molar-refractivity contribution is 7.47. The first kappa shape index (κ1) is 54.8. The molecule has 1 unspecified atom stereocenters. The highest BCUT2D eigenvalue weighted by atomic mass is 31.2. The Morgan fingerprint density at radius 1 is 0.536 bits per heavy atom. The molecule has 0 fully saturated rings. The summed E-state index contributed by atoms with van der Waals surface area (Å²) in [6, 6.07) is 0. The van der Waals surface area contributed by atoms with Gasteiger partial charge in [0.1, 0.15) is 19.8 Å². The summed E-state index contributed by atoms with van der Waals surface area (Å²) in [5.74, 6) is -0.797. The van der Waals surface area contributed by atoms with Crippen LogP contribution in [0.15, 0.2) is 12.2 Å². The van der Waals surface area contributed by atoms with Gasteiger partial charge in [-0.1, -0.05) is 180 Å². The van der Waals surface area contributed by atoms with Gasteiger partial charge in [-0.3, -0.25) is 18.6 Å². The van der Waals surface area contributed by atoms with Crippen molar-refractivity contribution in [2.75, 3.05) is 47.5 Å². The van der Waals surface area contributed by atoms with Gasteiger partial charge in [0.05, 0.1) is 27.7 Å². The Hall–Kier alpha value is -1.25. The minimum absolute atomic E-state index is 0.0333. The van der Waals surface area contributed by atoms with Crippen LogP contribution >= 0.6 is 7.82 Å². The highest BCUT2D eigenvalue weighted by Crippen LogP contribution is 2.43. The summed E-state index contributed by atoms with van der Waals surface area (Å²) in [4.78, 5) is 35.4. The first-order valence-electron chi connectivity index (χ1n) is 23.4. The molecular formula is C46H91NO8P+. The van der Waals surface area contributed by atoms with Crippen LogP contribution in [0.1, 0.15) is 219 Å². The number of nitrogens with zero attached hydrogens (tertiary/aromatic N) is 1. The van der Waals surface area contributed by atoms with E-state index in [0.29, 0.717) is 23.9 Å². The number of carbonyl (C=O) groups excluding carboxylic acids is 2. The van der Waals surface area contributed by atoms with E-state index in [0.717, 1.165) is 51.4 Å². The molecule has 0 aromatic heterocycles. The van der Waals surface area contributed by atoms with Crippen molar-refractivity contribution in [3.05, 3.63) is 12.2 Å². The van der Waals surface area contributed by atoms with Gasteiger partial charge in [0.15, 0.2) is 6.10 Å². The van der Waals surface area contributed by atoms with E-state index in [4.69, 9.17) is 18.5 Å². The van der Waals surface area contributed by atoms with E-state index in [1.54, 1.807) is 0 Å². The molecule has 0 aliphatic carbocycles. The summed E-state index contributed by atoms with van der Waals surface area (Å²) in [7, 11) is 1.48. The number of phosphoric acid groups is 1. The lowest BCUT2D eigenvalue weighted by Crippen LogP contribution is -2.37. The average molecular weight is 817 g/mol. The summed E-state index contributed by atoms with van der Waals surface area (Å²) < 4.78 is 34.3. The first-order chi connectivity index (χ1) is 27.0. The predicted molar refractivity (Wildman–Crippen MR) is 234 cm³/mol. The Morgan fingerprint density at radius 3 is 1.32 bits per heavy atom. The summed E-state index contributed by atoms with van der Waals surface area (Å²) in [6.45, 7) is 4.44. The Bertz CT molecular complexity index is 969. The lowest BCUT2D eigenvalue weighted by Gasteiger charge is -2.24. The Labute approximate surface area is 346 Å².